The standard InChI is InChI=1S/C15H18N2OS/c1-10-7-8-13(19-10)11-5-4-6-12(9-11)15(2,16)14(18)17-3/h4-9H,16H2,1-3H3,(H,17,18). The van der Waals surface area contributed by atoms with Crippen LogP contribution in [0.25, 0.3) is 10.4 Å². The molecule has 0 fully saturated rings. The Bertz CT molecular complexity index is 602. The van der Waals surface area contributed by atoms with Crippen LogP contribution in [0.4, 0.5) is 0 Å². The lowest BCUT2D eigenvalue weighted by Gasteiger charge is -2.23. The maximum absolute atomic E-state index is 11.9. The molecule has 1 aromatic heterocycles. The van der Waals surface area contributed by atoms with E-state index in [2.05, 4.69) is 24.4 Å². The summed E-state index contributed by atoms with van der Waals surface area (Å²) in [6.45, 7) is 3.81. The quantitative estimate of drug-likeness (QED) is 0.904. The van der Waals surface area contributed by atoms with E-state index in [1.165, 1.54) is 9.75 Å². The van der Waals surface area contributed by atoms with E-state index >= 15 is 0 Å². The van der Waals surface area contributed by atoms with Gasteiger partial charge in [0.15, 0.2) is 0 Å². The summed E-state index contributed by atoms with van der Waals surface area (Å²) in [7, 11) is 1.60. The molecule has 0 aliphatic carbocycles. The first-order chi connectivity index (χ1) is 8.95. The minimum absolute atomic E-state index is 0.188. The molecule has 1 atom stereocenters. The van der Waals surface area contributed by atoms with Gasteiger partial charge in [-0.05, 0) is 43.2 Å². The van der Waals surface area contributed by atoms with Crippen LogP contribution in [0.2, 0.25) is 0 Å². The fourth-order valence-electron chi connectivity index (χ4n) is 1.98. The zero-order valence-electron chi connectivity index (χ0n) is 11.4. The van der Waals surface area contributed by atoms with Crippen molar-refractivity contribution in [3.05, 3.63) is 46.8 Å². The number of thiophene rings is 1. The lowest BCUT2D eigenvalue weighted by molar-refractivity contribution is -0.125. The molecule has 1 heterocycles. The summed E-state index contributed by atoms with van der Waals surface area (Å²) in [5, 5.41) is 2.61. The number of hydrogen-bond donors (Lipinski definition) is 2. The lowest BCUT2D eigenvalue weighted by Crippen LogP contribution is -2.47. The van der Waals surface area contributed by atoms with Gasteiger partial charge < -0.3 is 11.1 Å². The average molecular weight is 274 g/mol. The Labute approximate surface area is 117 Å². The van der Waals surface area contributed by atoms with Crippen molar-refractivity contribution in [1.82, 2.24) is 5.32 Å². The molecule has 0 saturated carbocycles. The molecular weight excluding hydrogens is 256 g/mol. The van der Waals surface area contributed by atoms with E-state index in [4.69, 9.17) is 5.73 Å². The molecule has 2 aromatic rings. The lowest BCUT2D eigenvalue weighted by atomic mass is 9.91. The maximum Gasteiger partial charge on any atom is 0.244 e. The molecule has 100 valence electrons. The topological polar surface area (TPSA) is 55.1 Å². The first kappa shape index (κ1) is 13.8. The molecular formula is C15H18N2OS. The van der Waals surface area contributed by atoms with Crippen molar-refractivity contribution in [3.8, 4) is 10.4 Å². The zero-order valence-corrected chi connectivity index (χ0v) is 12.2. The highest BCUT2D eigenvalue weighted by Gasteiger charge is 2.29. The average Bonchev–Trinajstić information content (AvgIpc) is 2.84. The third-order valence-electron chi connectivity index (χ3n) is 3.19. The van der Waals surface area contributed by atoms with Gasteiger partial charge in [0.25, 0.3) is 0 Å². The van der Waals surface area contributed by atoms with Crippen LogP contribution in [0, 0.1) is 6.92 Å². The predicted molar refractivity (Wildman–Crippen MR) is 80.1 cm³/mol. The van der Waals surface area contributed by atoms with E-state index < -0.39 is 5.54 Å². The van der Waals surface area contributed by atoms with Gasteiger partial charge in [0.1, 0.15) is 5.54 Å². The Morgan fingerprint density at radius 2 is 2.05 bits per heavy atom. The van der Waals surface area contributed by atoms with Crippen LogP contribution >= 0.6 is 11.3 Å². The van der Waals surface area contributed by atoms with Gasteiger partial charge in [0, 0.05) is 16.8 Å². The molecule has 0 radical (unpaired) electrons. The summed E-state index contributed by atoms with van der Waals surface area (Å²) in [5.74, 6) is -0.188. The molecule has 2 rings (SSSR count). The van der Waals surface area contributed by atoms with Crippen molar-refractivity contribution >= 4 is 17.2 Å². The molecule has 1 aromatic carbocycles. The van der Waals surface area contributed by atoms with Crippen LogP contribution < -0.4 is 11.1 Å². The molecule has 0 aliphatic rings. The molecule has 3 nitrogen and oxygen atoms in total. The monoisotopic (exact) mass is 274 g/mol. The second-order valence-electron chi connectivity index (χ2n) is 4.77. The summed E-state index contributed by atoms with van der Waals surface area (Å²) in [6, 6.07) is 12.0. The number of hydrogen-bond acceptors (Lipinski definition) is 3. The van der Waals surface area contributed by atoms with Crippen molar-refractivity contribution < 1.29 is 4.79 Å². The van der Waals surface area contributed by atoms with Crippen LogP contribution in [0.3, 0.4) is 0 Å². The van der Waals surface area contributed by atoms with Crippen LogP contribution in [-0.2, 0) is 10.3 Å². The molecule has 3 N–H and O–H groups in total. The molecule has 1 amide bonds. The Kier molecular flexibility index (Phi) is 3.73. The van der Waals surface area contributed by atoms with E-state index in [9.17, 15) is 4.79 Å². The van der Waals surface area contributed by atoms with E-state index in [1.54, 1.807) is 25.3 Å². The van der Waals surface area contributed by atoms with Gasteiger partial charge in [0.2, 0.25) is 5.91 Å². The van der Waals surface area contributed by atoms with Crippen molar-refractivity contribution in [1.29, 1.82) is 0 Å². The van der Waals surface area contributed by atoms with Gasteiger partial charge in [-0.2, -0.15) is 0 Å². The Balaban J connectivity index is 2.42. The number of likely N-dealkylation sites (N-methyl/N-ethyl adjacent to an activating group) is 1. The summed E-state index contributed by atoms with van der Waals surface area (Å²) < 4.78 is 0. The first-order valence-corrected chi connectivity index (χ1v) is 6.95. The Hall–Kier alpha value is -1.65. The second-order valence-corrected chi connectivity index (χ2v) is 6.06. The van der Waals surface area contributed by atoms with Crippen LogP contribution in [0.1, 0.15) is 17.4 Å². The van der Waals surface area contributed by atoms with Gasteiger partial charge in [-0.3, -0.25) is 4.79 Å². The fourth-order valence-corrected chi connectivity index (χ4v) is 2.84. The summed E-state index contributed by atoms with van der Waals surface area (Å²) in [6.07, 6.45) is 0. The minimum atomic E-state index is -1.02. The van der Waals surface area contributed by atoms with Gasteiger partial charge in [0.05, 0.1) is 0 Å². The number of nitrogens with two attached hydrogens (primary N) is 1. The number of benzene rings is 1. The third-order valence-corrected chi connectivity index (χ3v) is 4.24. The Morgan fingerprint density at radius 3 is 2.63 bits per heavy atom. The van der Waals surface area contributed by atoms with E-state index in [0.717, 1.165) is 11.1 Å². The molecule has 4 heteroatoms. The Morgan fingerprint density at radius 1 is 1.32 bits per heavy atom. The predicted octanol–water partition coefficient (Wildman–Crippen LogP) is 2.64. The first-order valence-electron chi connectivity index (χ1n) is 6.13. The van der Waals surface area contributed by atoms with Crippen molar-refractivity contribution in [2.45, 2.75) is 19.4 Å². The van der Waals surface area contributed by atoms with Crippen LogP contribution in [0.5, 0.6) is 0 Å². The second kappa shape index (κ2) is 5.15. The highest BCUT2D eigenvalue weighted by molar-refractivity contribution is 7.15. The smallest absolute Gasteiger partial charge is 0.244 e. The molecule has 0 aliphatic heterocycles. The highest BCUT2D eigenvalue weighted by atomic mass is 32.1. The normalized spacial score (nSPS) is 13.9. The molecule has 1 unspecified atom stereocenters. The molecule has 19 heavy (non-hydrogen) atoms. The van der Waals surface area contributed by atoms with E-state index in [0.29, 0.717) is 0 Å². The maximum atomic E-state index is 11.9. The number of aryl methyl sites for hydroxylation is 1. The van der Waals surface area contributed by atoms with Gasteiger partial charge in [-0.15, -0.1) is 11.3 Å². The van der Waals surface area contributed by atoms with Gasteiger partial charge in [-0.25, -0.2) is 0 Å². The van der Waals surface area contributed by atoms with Crippen molar-refractivity contribution in [2.75, 3.05) is 7.05 Å². The fraction of sp³-hybridized carbons (Fsp3) is 0.267. The summed E-state index contributed by atoms with van der Waals surface area (Å²) in [5.41, 5.74) is 7.03. The van der Waals surface area contributed by atoms with Crippen LogP contribution in [-0.4, -0.2) is 13.0 Å². The number of carbonyl (C=O) groups excluding carboxylic acids is 1. The minimum Gasteiger partial charge on any atom is -0.357 e. The summed E-state index contributed by atoms with van der Waals surface area (Å²) >= 11 is 1.73. The zero-order chi connectivity index (χ0) is 14.0. The van der Waals surface area contributed by atoms with E-state index in [1.807, 2.05) is 24.3 Å². The van der Waals surface area contributed by atoms with Gasteiger partial charge >= 0.3 is 0 Å². The molecule has 0 spiro atoms. The van der Waals surface area contributed by atoms with Crippen molar-refractivity contribution in [3.63, 3.8) is 0 Å². The molecule has 0 saturated heterocycles. The number of rotatable bonds is 3. The highest BCUT2D eigenvalue weighted by Crippen LogP contribution is 2.30. The number of amides is 1. The molecule has 0 bridgehead atoms. The largest absolute Gasteiger partial charge is 0.357 e. The third kappa shape index (κ3) is 2.69. The SMILES string of the molecule is CNC(=O)C(C)(N)c1cccc(-c2ccc(C)s2)c1. The van der Waals surface area contributed by atoms with E-state index in [-0.39, 0.29) is 5.91 Å². The number of carbonyl (C=O) groups is 1. The number of nitrogens with one attached hydrogen (secondary N) is 1. The van der Waals surface area contributed by atoms with Gasteiger partial charge in [-0.1, -0.05) is 18.2 Å². The van der Waals surface area contributed by atoms with Crippen molar-refractivity contribution in [2.24, 2.45) is 5.73 Å². The summed E-state index contributed by atoms with van der Waals surface area (Å²) in [4.78, 5) is 14.3. The van der Waals surface area contributed by atoms with Crippen LogP contribution in [0.15, 0.2) is 36.4 Å².